The van der Waals surface area contributed by atoms with E-state index in [1.165, 1.54) is 0 Å². The van der Waals surface area contributed by atoms with Crippen molar-refractivity contribution in [3.05, 3.63) is 36.4 Å². The molecule has 0 saturated carbocycles. The summed E-state index contributed by atoms with van der Waals surface area (Å²) < 4.78 is 5.67. The fraction of sp³-hybridized carbons (Fsp3) is 0.444. The summed E-state index contributed by atoms with van der Waals surface area (Å²) in [7, 11) is 0. The van der Waals surface area contributed by atoms with Gasteiger partial charge in [-0.25, -0.2) is 0 Å². The lowest BCUT2D eigenvalue weighted by atomic mass is 9.97. The van der Waals surface area contributed by atoms with Gasteiger partial charge in [0.05, 0.1) is 18.2 Å². The van der Waals surface area contributed by atoms with E-state index >= 15 is 0 Å². The van der Waals surface area contributed by atoms with Gasteiger partial charge in [-0.1, -0.05) is 18.7 Å². The minimum absolute atomic E-state index is 0.0597. The SMILES string of the molecule is C=C(C)COc1ccccc1NC(=O)C1CCCN(CC(N)=O)C1. The maximum absolute atomic E-state index is 12.6. The lowest BCUT2D eigenvalue weighted by Gasteiger charge is -2.31. The van der Waals surface area contributed by atoms with Crippen molar-refractivity contribution in [1.29, 1.82) is 0 Å². The van der Waals surface area contributed by atoms with Crippen molar-refractivity contribution < 1.29 is 14.3 Å². The van der Waals surface area contributed by atoms with Crippen molar-refractivity contribution in [2.45, 2.75) is 19.8 Å². The van der Waals surface area contributed by atoms with E-state index in [9.17, 15) is 9.59 Å². The maximum atomic E-state index is 12.6. The first-order chi connectivity index (χ1) is 11.5. The van der Waals surface area contributed by atoms with Crippen molar-refractivity contribution in [2.75, 3.05) is 31.6 Å². The van der Waals surface area contributed by atoms with Crippen LogP contribution in [-0.2, 0) is 9.59 Å². The van der Waals surface area contributed by atoms with Gasteiger partial charge in [-0.2, -0.15) is 0 Å². The summed E-state index contributed by atoms with van der Waals surface area (Å²) in [6.45, 7) is 7.64. The molecule has 0 spiro atoms. The molecule has 130 valence electrons. The Morgan fingerprint density at radius 2 is 2.17 bits per heavy atom. The second kappa shape index (κ2) is 8.49. The number of carbonyl (C=O) groups excluding carboxylic acids is 2. The Kier molecular flexibility index (Phi) is 6.37. The number of carbonyl (C=O) groups is 2. The van der Waals surface area contributed by atoms with Crippen LogP contribution >= 0.6 is 0 Å². The van der Waals surface area contributed by atoms with Crippen LogP contribution in [0.25, 0.3) is 0 Å². The highest BCUT2D eigenvalue weighted by molar-refractivity contribution is 5.94. The quantitative estimate of drug-likeness (QED) is 0.746. The smallest absolute Gasteiger partial charge is 0.231 e. The minimum atomic E-state index is -0.366. The number of hydrogen-bond acceptors (Lipinski definition) is 4. The van der Waals surface area contributed by atoms with Crippen LogP contribution < -0.4 is 15.8 Å². The van der Waals surface area contributed by atoms with Crippen LogP contribution in [0.4, 0.5) is 5.69 Å². The number of hydrogen-bond donors (Lipinski definition) is 2. The van der Waals surface area contributed by atoms with Gasteiger partial charge in [-0.05, 0) is 44.0 Å². The molecule has 1 aliphatic heterocycles. The monoisotopic (exact) mass is 331 g/mol. The first-order valence-corrected chi connectivity index (χ1v) is 8.13. The predicted molar refractivity (Wildman–Crippen MR) is 93.7 cm³/mol. The van der Waals surface area contributed by atoms with Crippen LogP contribution in [0, 0.1) is 5.92 Å². The third-order valence-corrected chi connectivity index (χ3v) is 3.87. The van der Waals surface area contributed by atoms with Crippen molar-refractivity contribution in [2.24, 2.45) is 11.7 Å². The third-order valence-electron chi connectivity index (χ3n) is 3.87. The number of piperidine rings is 1. The molecule has 1 heterocycles. The number of nitrogens with two attached hydrogens (primary N) is 1. The number of likely N-dealkylation sites (tertiary alicyclic amines) is 1. The highest BCUT2D eigenvalue weighted by atomic mass is 16.5. The van der Waals surface area contributed by atoms with Crippen molar-refractivity contribution in [3.8, 4) is 5.75 Å². The molecule has 2 rings (SSSR count). The van der Waals surface area contributed by atoms with Crippen molar-refractivity contribution in [3.63, 3.8) is 0 Å². The highest BCUT2D eigenvalue weighted by Crippen LogP contribution is 2.26. The van der Waals surface area contributed by atoms with Gasteiger partial charge in [-0.3, -0.25) is 14.5 Å². The fourth-order valence-corrected chi connectivity index (χ4v) is 2.77. The van der Waals surface area contributed by atoms with E-state index in [4.69, 9.17) is 10.5 Å². The van der Waals surface area contributed by atoms with Gasteiger partial charge in [0.25, 0.3) is 0 Å². The molecule has 1 aliphatic rings. The van der Waals surface area contributed by atoms with E-state index < -0.39 is 0 Å². The predicted octanol–water partition coefficient (Wildman–Crippen LogP) is 1.78. The van der Waals surface area contributed by atoms with Gasteiger partial charge in [0, 0.05) is 6.54 Å². The summed E-state index contributed by atoms with van der Waals surface area (Å²) in [5, 5.41) is 2.94. The average molecular weight is 331 g/mol. The maximum Gasteiger partial charge on any atom is 0.231 e. The van der Waals surface area contributed by atoms with E-state index in [2.05, 4.69) is 11.9 Å². The second-order valence-electron chi connectivity index (χ2n) is 6.27. The molecular weight excluding hydrogens is 306 g/mol. The van der Waals surface area contributed by atoms with Gasteiger partial charge in [0.15, 0.2) is 0 Å². The average Bonchev–Trinajstić information content (AvgIpc) is 2.53. The number of benzene rings is 1. The van der Waals surface area contributed by atoms with Gasteiger partial charge >= 0.3 is 0 Å². The van der Waals surface area contributed by atoms with Crippen LogP contribution in [0.15, 0.2) is 36.4 Å². The van der Waals surface area contributed by atoms with Crippen LogP contribution in [0.3, 0.4) is 0 Å². The van der Waals surface area contributed by atoms with E-state index in [0.717, 1.165) is 25.0 Å². The summed E-state index contributed by atoms with van der Waals surface area (Å²) >= 11 is 0. The van der Waals surface area contributed by atoms with Crippen LogP contribution in [-0.4, -0.2) is 43.0 Å². The summed E-state index contributed by atoms with van der Waals surface area (Å²) in [5.74, 6) is 0.0380. The third kappa shape index (κ3) is 5.38. The largest absolute Gasteiger partial charge is 0.487 e. The molecule has 24 heavy (non-hydrogen) atoms. The molecule has 1 fully saturated rings. The molecule has 1 aromatic rings. The van der Waals surface area contributed by atoms with Crippen LogP contribution in [0.5, 0.6) is 5.75 Å². The fourth-order valence-electron chi connectivity index (χ4n) is 2.77. The number of ether oxygens (including phenoxy) is 1. The molecule has 6 heteroatoms. The second-order valence-corrected chi connectivity index (χ2v) is 6.27. The molecule has 1 atom stereocenters. The van der Waals surface area contributed by atoms with Crippen molar-refractivity contribution in [1.82, 2.24) is 4.90 Å². The molecule has 0 bridgehead atoms. The Labute approximate surface area is 142 Å². The van der Waals surface area contributed by atoms with Crippen LogP contribution in [0.2, 0.25) is 0 Å². The number of nitrogens with zero attached hydrogens (tertiary/aromatic N) is 1. The molecule has 0 aliphatic carbocycles. The first-order valence-electron chi connectivity index (χ1n) is 8.13. The zero-order valence-corrected chi connectivity index (χ0v) is 14.1. The van der Waals surface area contributed by atoms with Gasteiger partial charge in [0.2, 0.25) is 11.8 Å². The standard InChI is InChI=1S/C18H25N3O3/c1-13(2)12-24-16-8-4-3-7-15(16)20-18(23)14-6-5-9-21(10-14)11-17(19)22/h3-4,7-8,14H,1,5-6,9-12H2,2H3,(H2,19,22)(H,20,23). The van der Waals surface area contributed by atoms with Crippen LogP contribution in [0.1, 0.15) is 19.8 Å². The molecule has 0 radical (unpaired) electrons. The number of anilines is 1. The highest BCUT2D eigenvalue weighted by Gasteiger charge is 2.26. The normalized spacial score (nSPS) is 18.0. The van der Waals surface area contributed by atoms with E-state index in [1.807, 2.05) is 36.1 Å². The van der Waals surface area contributed by atoms with E-state index in [-0.39, 0.29) is 24.3 Å². The number of para-hydroxylation sites is 2. The number of primary amides is 1. The summed E-state index contributed by atoms with van der Waals surface area (Å²) in [4.78, 5) is 25.6. The Hall–Kier alpha value is -2.34. The molecule has 1 saturated heterocycles. The molecule has 1 aromatic carbocycles. The zero-order valence-electron chi connectivity index (χ0n) is 14.1. The summed E-state index contributed by atoms with van der Waals surface area (Å²) in [6, 6.07) is 7.34. The number of nitrogens with one attached hydrogen (secondary N) is 1. The molecule has 6 nitrogen and oxygen atoms in total. The molecule has 3 N–H and O–H groups in total. The summed E-state index contributed by atoms with van der Waals surface area (Å²) in [6.07, 6.45) is 1.68. The Morgan fingerprint density at radius 3 is 2.88 bits per heavy atom. The molecule has 2 amide bonds. The van der Waals surface area contributed by atoms with E-state index in [1.54, 1.807) is 0 Å². The topological polar surface area (TPSA) is 84.7 Å². The van der Waals surface area contributed by atoms with Gasteiger partial charge in [0.1, 0.15) is 12.4 Å². The molecular formula is C18H25N3O3. The summed E-state index contributed by atoms with van der Waals surface area (Å²) in [5.41, 5.74) is 6.80. The first kappa shape index (κ1) is 18.0. The van der Waals surface area contributed by atoms with Crippen molar-refractivity contribution >= 4 is 17.5 Å². The number of amides is 2. The van der Waals surface area contributed by atoms with E-state index in [0.29, 0.717) is 24.6 Å². The van der Waals surface area contributed by atoms with Gasteiger partial charge < -0.3 is 15.8 Å². The van der Waals surface area contributed by atoms with Gasteiger partial charge in [-0.15, -0.1) is 0 Å². The molecule has 0 aromatic heterocycles. The molecule has 1 unspecified atom stereocenters. The Balaban J connectivity index is 1.98. The lowest BCUT2D eigenvalue weighted by Crippen LogP contribution is -2.44. The Bertz CT molecular complexity index is 615. The number of rotatable bonds is 7. The zero-order chi connectivity index (χ0) is 17.5. The Morgan fingerprint density at radius 1 is 1.42 bits per heavy atom. The lowest BCUT2D eigenvalue weighted by molar-refractivity contribution is -0.124. The minimum Gasteiger partial charge on any atom is -0.487 e.